The van der Waals surface area contributed by atoms with Crippen LogP contribution < -0.4 is 0 Å². The van der Waals surface area contributed by atoms with Crippen molar-refractivity contribution in [3.05, 3.63) is 0 Å². The van der Waals surface area contributed by atoms with E-state index in [1.807, 2.05) is 0 Å². The first-order chi connectivity index (χ1) is 10.6. The fourth-order valence-electron chi connectivity index (χ4n) is 2.28. The molecule has 0 radical (unpaired) electrons. The van der Waals surface area contributed by atoms with Crippen LogP contribution in [-0.2, 0) is 9.47 Å². The van der Waals surface area contributed by atoms with Crippen molar-refractivity contribution in [3.8, 4) is 0 Å². The Kier molecular flexibility index (Phi) is 7.57. The molecule has 0 spiro atoms. The summed E-state index contributed by atoms with van der Waals surface area (Å²) in [6, 6.07) is 0. The van der Waals surface area contributed by atoms with Gasteiger partial charge in [-0.15, -0.1) is 0 Å². The Balaban J connectivity index is 2.09. The van der Waals surface area contributed by atoms with Crippen molar-refractivity contribution in [2.24, 2.45) is 0 Å². The predicted octanol–water partition coefficient (Wildman–Crippen LogP) is 4.97. The number of rotatable bonds is 10. The molecular formula is C14H21F7O2. The first kappa shape index (κ1) is 20.5. The summed E-state index contributed by atoms with van der Waals surface area (Å²) in [7, 11) is 0. The number of hydrogen-bond donors (Lipinski definition) is 0. The summed E-state index contributed by atoms with van der Waals surface area (Å²) in [6.07, 6.45) is -4.84. The molecule has 0 aromatic carbocycles. The van der Waals surface area contributed by atoms with Crippen LogP contribution in [0.3, 0.4) is 0 Å². The van der Waals surface area contributed by atoms with Crippen LogP contribution in [0, 0.1) is 0 Å². The maximum absolute atomic E-state index is 13.0. The zero-order chi connectivity index (χ0) is 17.6. The monoisotopic (exact) mass is 354 g/mol. The third-order valence-corrected chi connectivity index (χ3v) is 3.70. The van der Waals surface area contributed by atoms with E-state index in [1.165, 1.54) is 0 Å². The molecule has 1 aliphatic heterocycles. The van der Waals surface area contributed by atoms with Gasteiger partial charge in [-0.1, -0.05) is 6.42 Å². The molecule has 0 amide bonds. The quantitative estimate of drug-likeness (QED) is 0.408. The van der Waals surface area contributed by atoms with E-state index in [0.29, 0.717) is 13.0 Å². The molecule has 0 bridgehead atoms. The molecule has 1 atom stereocenters. The Morgan fingerprint density at radius 1 is 0.913 bits per heavy atom. The van der Waals surface area contributed by atoms with Crippen LogP contribution in [0.5, 0.6) is 0 Å². The minimum absolute atomic E-state index is 0.101. The van der Waals surface area contributed by atoms with Gasteiger partial charge >= 0.3 is 18.0 Å². The maximum Gasteiger partial charge on any atom is 0.459 e. The summed E-state index contributed by atoms with van der Waals surface area (Å²) < 4.78 is 97.6. The Hall–Kier alpha value is -0.570. The second-order valence-electron chi connectivity index (χ2n) is 5.62. The molecule has 1 unspecified atom stereocenters. The van der Waals surface area contributed by atoms with E-state index in [0.717, 1.165) is 25.9 Å². The van der Waals surface area contributed by atoms with E-state index < -0.39 is 30.9 Å². The zero-order valence-corrected chi connectivity index (χ0v) is 12.6. The molecule has 138 valence electrons. The van der Waals surface area contributed by atoms with E-state index in [2.05, 4.69) is 0 Å². The summed E-state index contributed by atoms with van der Waals surface area (Å²) in [4.78, 5) is 0. The van der Waals surface area contributed by atoms with E-state index in [9.17, 15) is 30.7 Å². The maximum atomic E-state index is 13.0. The van der Waals surface area contributed by atoms with Gasteiger partial charge in [0.05, 0.1) is 6.10 Å². The number of ether oxygens (including phenoxy) is 2. The van der Waals surface area contributed by atoms with Crippen LogP contribution in [0.15, 0.2) is 0 Å². The first-order valence-electron chi connectivity index (χ1n) is 7.59. The molecule has 1 fully saturated rings. The highest BCUT2D eigenvalue weighted by Crippen LogP contribution is 2.48. The highest BCUT2D eigenvalue weighted by Gasteiger charge is 2.72. The van der Waals surface area contributed by atoms with E-state index in [-0.39, 0.29) is 19.1 Å². The van der Waals surface area contributed by atoms with Gasteiger partial charge in [-0.05, 0) is 32.1 Å². The molecule has 0 aromatic rings. The summed E-state index contributed by atoms with van der Waals surface area (Å²) in [5.41, 5.74) is 0. The fourth-order valence-corrected chi connectivity index (χ4v) is 2.28. The largest absolute Gasteiger partial charge is 0.459 e. The van der Waals surface area contributed by atoms with Gasteiger partial charge in [0.15, 0.2) is 0 Å². The van der Waals surface area contributed by atoms with Crippen LogP contribution in [-0.4, -0.2) is 43.9 Å². The molecule has 1 rings (SSSR count). The molecule has 2 nitrogen and oxygen atoms in total. The van der Waals surface area contributed by atoms with Crippen molar-refractivity contribution in [1.29, 1.82) is 0 Å². The fraction of sp³-hybridized carbons (Fsp3) is 1.00. The Bertz CT molecular complexity index is 339. The van der Waals surface area contributed by atoms with E-state index in [4.69, 9.17) is 9.47 Å². The lowest BCUT2D eigenvalue weighted by molar-refractivity contribution is -0.355. The van der Waals surface area contributed by atoms with Gasteiger partial charge in [0.25, 0.3) is 0 Å². The van der Waals surface area contributed by atoms with E-state index in [1.54, 1.807) is 0 Å². The number of unbranched alkanes of at least 4 members (excludes halogenated alkanes) is 2. The van der Waals surface area contributed by atoms with Crippen molar-refractivity contribution >= 4 is 0 Å². The second-order valence-corrected chi connectivity index (χ2v) is 5.62. The number of halogens is 7. The van der Waals surface area contributed by atoms with Crippen molar-refractivity contribution < 1.29 is 40.2 Å². The van der Waals surface area contributed by atoms with Gasteiger partial charge < -0.3 is 9.47 Å². The molecule has 9 heteroatoms. The summed E-state index contributed by atoms with van der Waals surface area (Å²) in [5, 5.41) is 0. The average molecular weight is 354 g/mol. The highest BCUT2D eigenvalue weighted by molar-refractivity contribution is 4.90. The van der Waals surface area contributed by atoms with Gasteiger partial charge in [0, 0.05) is 26.2 Å². The lowest BCUT2D eigenvalue weighted by atomic mass is 10.0. The third kappa shape index (κ3) is 6.10. The van der Waals surface area contributed by atoms with Gasteiger partial charge in [0.1, 0.15) is 0 Å². The van der Waals surface area contributed by atoms with E-state index >= 15 is 0 Å². The van der Waals surface area contributed by atoms with Crippen LogP contribution in [0.1, 0.15) is 44.9 Å². The number of hydrogen-bond acceptors (Lipinski definition) is 2. The smallest absolute Gasteiger partial charge is 0.381 e. The Labute approximate surface area is 130 Å². The molecular weight excluding hydrogens is 333 g/mol. The first-order valence-corrected chi connectivity index (χ1v) is 7.59. The van der Waals surface area contributed by atoms with Crippen LogP contribution in [0.4, 0.5) is 30.7 Å². The lowest BCUT2D eigenvalue weighted by Crippen LogP contribution is -2.51. The molecule has 0 aromatic heterocycles. The standard InChI is InChI=1S/C14H21F7O2/c15-12(16,13(17,18)14(19,20)21)7-2-1-3-8-22-10-6-11-5-4-9-23-11/h11H,1-10H2. The van der Waals surface area contributed by atoms with Gasteiger partial charge in [0.2, 0.25) is 0 Å². The third-order valence-electron chi connectivity index (χ3n) is 3.70. The minimum atomic E-state index is -6.25. The minimum Gasteiger partial charge on any atom is -0.381 e. The SMILES string of the molecule is FC(F)(F)C(F)(F)C(F)(F)CCCCCOCCC1CCCO1. The molecule has 1 aliphatic rings. The Morgan fingerprint density at radius 3 is 2.17 bits per heavy atom. The van der Waals surface area contributed by atoms with Crippen LogP contribution in [0.25, 0.3) is 0 Å². The average Bonchev–Trinajstić information content (AvgIpc) is 2.93. The molecule has 23 heavy (non-hydrogen) atoms. The van der Waals surface area contributed by atoms with Gasteiger partial charge in [-0.25, -0.2) is 0 Å². The van der Waals surface area contributed by atoms with Gasteiger partial charge in [-0.3, -0.25) is 0 Å². The molecule has 0 N–H and O–H groups in total. The summed E-state index contributed by atoms with van der Waals surface area (Å²) in [5.74, 6) is -11.1. The number of alkyl halides is 7. The molecule has 1 heterocycles. The predicted molar refractivity (Wildman–Crippen MR) is 68.8 cm³/mol. The summed E-state index contributed by atoms with van der Waals surface area (Å²) in [6.45, 7) is 1.45. The normalized spacial score (nSPS) is 20.2. The van der Waals surface area contributed by atoms with Crippen molar-refractivity contribution in [3.63, 3.8) is 0 Å². The second kappa shape index (κ2) is 8.50. The molecule has 1 saturated heterocycles. The van der Waals surface area contributed by atoms with Gasteiger partial charge in [-0.2, -0.15) is 30.7 Å². The molecule has 0 aliphatic carbocycles. The topological polar surface area (TPSA) is 18.5 Å². The van der Waals surface area contributed by atoms with Crippen LogP contribution >= 0.6 is 0 Å². The lowest BCUT2D eigenvalue weighted by Gasteiger charge is -2.28. The highest BCUT2D eigenvalue weighted by atomic mass is 19.4. The zero-order valence-electron chi connectivity index (χ0n) is 12.6. The van der Waals surface area contributed by atoms with Crippen LogP contribution in [0.2, 0.25) is 0 Å². The Morgan fingerprint density at radius 2 is 1.61 bits per heavy atom. The van der Waals surface area contributed by atoms with Crippen molar-refractivity contribution in [2.45, 2.75) is 69.1 Å². The van der Waals surface area contributed by atoms with Crippen molar-refractivity contribution in [2.75, 3.05) is 19.8 Å². The molecule has 0 saturated carbocycles. The van der Waals surface area contributed by atoms with Crippen molar-refractivity contribution in [1.82, 2.24) is 0 Å². The summed E-state index contributed by atoms with van der Waals surface area (Å²) >= 11 is 0.